The highest BCUT2D eigenvalue weighted by molar-refractivity contribution is 5.24. The van der Waals surface area contributed by atoms with Crippen LogP contribution < -0.4 is 5.32 Å². The lowest BCUT2D eigenvalue weighted by Crippen LogP contribution is -2.50. The van der Waals surface area contributed by atoms with Crippen molar-refractivity contribution in [3.63, 3.8) is 0 Å². The van der Waals surface area contributed by atoms with Crippen LogP contribution in [0.3, 0.4) is 0 Å². The summed E-state index contributed by atoms with van der Waals surface area (Å²) in [4.78, 5) is 4.83. The zero-order chi connectivity index (χ0) is 13.8. The van der Waals surface area contributed by atoms with Crippen LogP contribution in [0.1, 0.15) is 23.6 Å². The van der Waals surface area contributed by atoms with Crippen LogP contribution in [-0.4, -0.2) is 56.6 Å². The molecule has 0 amide bonds. The van der Waals surface area contributed by atoms with Gasteiger partial charge in [0.2, 0.25) is 0 Å². The summed E-state index contributed by atoms with van der Waals surface area (Å²) in [6.07, 6.45) is 1.18. The van der Waals surface area contributed by atoms with Gasteiger partial charge in [0.05, 0.1) is 0 Å². The van der Waals surface area contributed by atoms with Crippen LogP contribution in [-0.2, 0) is 0 Å². The van der Waals surface area contributed by atoms with E-state index in [1.54, 1.807) is 0 Å². The summed E-state index contributed by atoms with van der Waals surface area (Å²) < 4.78 is 0. The number of hydrogen-bond acceptors (Lipinski definition) is 3. The van der Waals surface area contributed by atoms with Gasteiger partial charge in [-0.3, -0.25) is 0 Å². The zero-order valence-corrected chi connectivity index (χ0v) is 12.7. The van der Waals surface area contributed by atoms with Gasteiger partial charge in [-0.05, 0) is 40.1 Å². The second-order valence-corrected chi connectivity index (χ2v) is 5.96. The van der Waals surface area contributed by atoms with Gasteiger partial charge in [-0.25, -0.2) is 0 Å². The fraction of sp³-hybridized carbons (Fsp3) is 0.625. The van der Waals surface area contributed by atoms with E-state index in [1.165, 1.54) is 17.5 Å². The van der Waals surface area contributed by atoms with Crippen molar-refractivity contribution < 1.29 is 0 Å². The predicted octanol–water partition coefficient (Wildman–Crippen LogP) is 1.89. The first kappa shape index (κ1) is 14.5. The number of hydrogen-bond donors (Lipinski definition) is 1. The fourth-order valence-electron chi connectivity index (χ4n) is 2.82. The minimum atomic E-state index is 0.493. The van der Waals surface area contributed by atoms with Crippen molar-refractivity contribution in [1.29, 1.82) is 0 Å². The third-order valence-corrected chi connectivity index (χ3v) is 4.23. The molecule has 3 heteroatoms. The number of aryl methyl sites for hydroxylation is 1. The van der Waals surface area contributed by atoms with Crippen LogP contribution in [0.25, 0.3) is 0 Å². The van der Waals surface area contributed by atoms with Crippen molar-refractivity contribution in [2.45, 2.75) is 25.4 Å². The zero-order valence-electron chi connectivity index (χ0n) is 12.7. The minimum absolute atomic E-state index is 0.493. The highest BCUT2D eigenvalue weighted by Gasteiger charge is 2.24. The number of benzene rings is 1. The molecule has 0 radical (unpaired) electrons. The van der Waals surface area contributed by atoms with Crippen molar-refractivity contribution in [3.8, 4) is 0 Å². The van der Waals surface area contributed by atoms with E-state index in [1.807, 2.05) is 0 Å². The lowest BCUT2D eigenvalue weighted by Gasteiger charge is -2.37. The van der Waals surface area contributed by atoms with Crippen LogP contribution in [0.5, 0.6) is 0 Å². The Morgan fingerprint density at radius 1 is 1.32 bits per heavy atom. The van der Waals surface area contributed by atoms with Gasteiger partial charge in [0.15, 0.2) is 0 Å². The summed E-state index contributed by atoms with van der Waals surface area (Å²) in [5, 5.41) is 3.51. The third kappa shape index (κ3) is 3.78. The first-order valence-electron chi connectivity index (χ1n) is 7.22. The van der Waals surface area contributed by atoms with Crippen molar-refractivity contribution in [1.82, 2.24) is 15.1 Å². The lowest BCUT2D eigenvalue weighted by molar-refractivity contribution is 0.149. The fourth-order valence-corrected chi connectivity index (χ4v) is 2.82. The molecule has 1 aliphatic heterocycles. The Balaban J connectivity index is 2.09. The summed E-state index contributed by atoms with van der Waals surface area (Å²) in [7, 11) is 6.61. The molecule has 19 heavy (non-hydrogen) atoms. The first-order valence-corrected chi connectivity index (χ1v) is 7.22. The number of nitrogens with one attached hydrogen (secondary N) is 1. The molecule has 1 N–H and O–H groups in total. The van der Waals surface area contributed by atoms with Gasteiger partial charge in [0.1, 0.15) is 0 Å². The first-order chi connectivity index (χ1) is 9.08. The smallest absolute Gasteiger partial charge is 0.0357 e. The van der Waals surface area contributed by atoms with E-state index in [4.69, 9.17) is 0 Å². The summed E-state index contributed by atoms with van der Waals surface area (Å²) in [5.41, 5.74) is 2.76. The second kappa shape index (κ2) is 6.51. The SMILES string of the molecule is Cc1ccc(C(CC2CNCCN2C)N(C)C)cc1. The Hall–Kier alpha value is -0.900. The Labute approximate surface area is 117 Å². The van der Waals surface area contributed by atoms with Crippen LogP contribution in [0, 0.1) is 6.92 Å². The van der Waals surface area contributed by atoms with Crippen LogP contribution >= 0.6 is 0 Å². The van der Waals surface area contributed by atoms with Gasteiger partial charge in [-0.15, -0.1) is 0 Å². The van der Waals surface area contributed by atoms with Crippen molar-refractivity contribution >= 4 is 0 Å². The van der Waals surface area contributed by atoms with Gasteiger partial charge in [-0.1, -0.05) is 29.8 Å². The standard InChI is InChI=1S/C16H27N3/c1-13-5-7-14(8-6-13)16(18(2)3)11-15-12-17-9-10-19(15)4/h5-8,15-17H,9-12H2,1-4H3. The summed E-state index contributed by atoms with van der Waals surface area (Å²) in [6.45, 7) is 5.52. The van der Waals surface area contributed by atoms with E-state index >= 15 is 0 Å². The second-order valence-electron chi connectivity index (χ2n) is 5.96. The van der Waals surface area contributed by atoms with E-state index in [0.717, 1.165) is 19.6 Å². The largest absolute Gasteiger partial charge is 0.314 e. The van der Waals surface area contributed by atoms with Crippen LogP contribution in [0.15, 0.2) is 24.3 Å². The van der Waals surface area contributed by atoms with Crippen molar-refractivity contribution in [2.75, 3.05) is 40.8 Å². The lowest BCUT2D eigenvalue weighted by atomic mass is 9.96. The number of rotatable bonds is 4. The van der Waals surface area contributed by atoms with Gasteiger partial charge in [-0.2, -0.15) is 0 Å². The van der Waals surface area contributed by atoms with Gasteiger partial charge < -0.3 is 15.1 Å². The number of likely N-dealkylation sites (N-methyl/N-ethyl adjacent to an activating group) is 1. The maximum absolute atomic E-state index is 3.51. The van der Waals surface area contributed by atoms with Crippen molar-refractivity contribution in [3.05, 3.63) is 35.4 Å². The van der Waals surface area contributed by atoms with Crippen LogP contribution in [0.4, 0.5) is 0 Å². The molecule has 1 heterocycles. The normalized spacial score (nSPS) is 22.7. The maximum atomic E-state index is 3.51. The molecule has 1 fully saturated rings. The molecule has 0 aromatic heterocycles. The summed E-state index contributed by atoms with van der Waals surface area (Å²) >= 11 is 0. The molecule has 2 rings (SSSR count). The molecule has 2 atom stereocenters. The minimum Gasteiger partial charge on any atom is -0.314 e. The Morgan fingerprint density at radius 2 is 2.00 bits per heavy atom. The van der Waals surface area contributed by atoms with Crippen LogP contribution in [0.2, 0.25) is 0 Å². The molecule has 0 aliphatic carbocycles. The quantitative estimate of drug-likeness (QED) is 0.893. The molecule has 106 valence electrons. The van der Waals surface area contributed by atoms with E-state index in [-0.39, 0.29) is 0 Å². The third-order valence-electron chi connectivity index (χ3n) is 4.23. The number of piperazine rings is 1. The van der Waals surface area contributed by atoms with Gasteiger partial charge >= 0.3 is 0 Å². The molecular weight excluding hydrogens is 234 g/mol. The molecule has 2 unspecified atom stereocenters. The van der Waals surface area contributed by atoms with Gasteiger partial charge in [0, 0.05) is 31.7 Å². The maximum Gasteiger partial charge on any atom is 0.0357 e. The van der Waals surface area contributed by atoms with E-state index in [2.05, 4.69) is 67.4 Å². The predicted molar refractivity (Wildman–Crippen MR) is 81.5 cm³/mol. The van der Waals surface area contributed by atoms with Crippen molar-refractivity contribution in [2.24, 2.45) is 0 Å². The molecule has 3 nitrogen and oxygen atoms in total. The van der Waals surface area contributed by atoms with Gasteiger partial charge in [0.25, 0.3) is 0 Å². The van der Waals surface area contributed by atoms with E-state index in [9.17, 15) is 0 Å². The summed E-state index contributed by atoms with van der Waals surface area (Å²) in [6, 6.07) is 10.1. The summed E-state index contributed by atoms with van der Waals surface area (Å²) in [5.74, 6) is 0. The topological polar surface area (TPSA) is 18.5 Å². The average molecular weight is 261 g/mol. The Bertz CT molecular complexity index is 385. The molecule has 1 saturated heterocycles. The molecule has 1 aromatic rings. The molecular formula is C16H27N3. The molecule has 1 aromatic carbocycles. The molecule has 0 saturated carbocycles. The number of nitrogens with zero attached hydrogens (tertiary/aromatic N) is 2. The van der Waals surface area contributed by atoms with E-state index < -0.39 is 0 Å². The molecule has 0 spiro atoms. The van der Waals surface area contributed by atoms with E-state index in [0.29, 0.717) is 12.1 Å². The average Bonchev–Trinajstić information content (AvgIpc) is 2.39. The monoisotopic (exact) mass is 261 g/mol. The highest BCUT2D eigenvalue weighted by atomic mass is 15.2. The Kier molecular flexibility index (Phi) is 4.97. The molecule has 1 aliphatic rings. The molecule has 0 bridgehead atoms. The highest BCUT2D eigenvalue weighted by Crippen LogP contribution is 2.25. The Morgan fingerprint density at radius 3 is 2.58 bits per heavy atom.